The van der Waals surface area contributed by atoms with E-state index in [1.54, 1.807) is 24.4 Å². The zero-order valence-corrected chi connectivity index (χ0v) is 16.0. The van der Waals surface area contributed by atoms with Crippen LogP contribution in [0.2, 0.25) is 0 Å². The molecule has 3 N–H and O–H groups in total. The van der Waals surface area contributed by atoms with Crippen molar-refractivity contribution < 1.29 is 23.5 Å². The topological polar surface area (TPSA) is 98.5 Å². The van der Waals surface area contributed by atoms with Crippen LogP contribution in [-0.4, -0.2) is 23.9 Å². The predicted octanol–water partition coefficient (Wildman–Crippen LogP) is 3.69. The monoisotopic (exact) mass is 406 g/mol. The van der Waals surface area contributed by atoms with E-state index in [1.807, 2.05) is 0 Å². The Labute approximate surface area is 161 Å². The highest BCUT2D eigenvalue weighted by Crippen LogP contribution is 2.33. The summed E-state index contributed by atoms with van der Waals surface area (Å²) in [6.45, 7) is 3.04. The number of aryl methyl sites for hydroxylation is 1. The van der Waals surface area contributed by atoms with E-state index < -0.39 is 29.7 Å². The molecular weight excluding hydrogens is 391 g/mol. The van der Waals surface area contributed by atoms with E-state index in [-0.39, 0.29) is 15.4 Å². The summed E-state index contributed by atoms with van der Waals surface area (Å²) in [7, 11) is 0. The van der Waals surface area contributed by atoms with E-state index in [0.717, 1.165) is 22.7 Å². The fraction of sp³-hybridized carbons (Fsp3) is 0.167. The largest absolute Gasteiger partial charge is 0.448 e. The number of nitrogens with one attached hydrogen (secondary N) is 1. The van der Waals surface area contributed by atoms with Gasteiger partial charge in [0, 0.05) is 10.1 Å². The van der Waals surface area contributed by atoms with Crippen molar-refractivity contribution in [2.75, 3.05) is 5.32 Å². The second-order valence-electron chi connectivity index (χ2n) is 5.73. The number of halogens is 1. The van der Waals surface area contributed by atoms with E-state index >= 15 is 0 Å². The van der Waals surface area contributed by atoms with Crippen molar-refractivity contribution in [3.63, 3.8) is 0 Å². The Kier molecular flexibility index (Phi) is 5.24. The standard InChI is InChI=1S/C18H15FN2O4S2/c1-8-13-11(19)4-3-5-12(13)27-14(8)18(24)25-9(2)16(23)21-17-10(15(20)22)6-7-26-17/h3-7,9H,1-2H3,(H2,20,22)(H,21,23)/t9-/m1/s1. The number of esters is 1. The number of benzene rings is 1. The van der Waals surface area contributed by atoms with Gasteiger partial charge in [0.15, 0.2) is 6.10 Å². The number of carbonyl (C=O) groups excluding carboxylic acids is 3. The molecule has 6 nitrogen and oxygen atoms in total. The van der Waals surface area contributed by atoms with Gasteiger partial charge in [-0.2, -0.15) is 0 Å². The molecule has 0 saturated carbocycles. The number of amides is 2. The Morgan fingerprint density at radius 1 is 1.26 bits per heavy atom. The lowest BCUT2D eigenvalue weighted by atomic mass is 10.1. The molecule has 0 fully saturated rings. The summed E-state index contributed by atoms with van der Waals surface area (Å²) in [5.74, 6) is -2.39. The zero-order valence-electron chi connectivity index (χ0n) is 14.4. The highest BCUT2D eigenvalue weighted by atomic mass is 32.1. The van der Waals surface area contributed by atoms with Gasteiger partial charge in [-0.1, -0.05) is 6.07 Å². The minimum Gasteiger partial charge on any atom is -0.448 e. The maximum atomic E-state index is 14.0. The Morgan fingerprint density at radius 3 is 2.67 bits per heavy atom. The Bertz CT molecular complexity index is 1060. The molecule has 0 aliphatic rings. The number of thiophene rings is 2. The second-order valence-corrected chi connectivity index (χ2v) is 7.70. The molecule has 3 rings (SSSR count). The Morgan fingerprint density at radius 2 is 2.00 bits per heavy atom. The first-order valence-corrected chi connectivity index (χ1v) is 9.56. The number of anilines is 1. The molecule has 0 bridgehead atoms. The maximum absolute atomic E-state index is 14.0. The summed E-state index contributed by atoms with van der Waals surface area (Å²) in [6, 6.07) is 6.10. The highest BCUT2D eigenvalue weighted by molar-refractivity contribution is 7.21. The number of hydrogen-bond acceptors (Lipinski definition) is 6. The van der Waals surface area contributed by atoms with E-state index in [0.29, 0.717) is 15.6 Å². The molecule has 3 aromatic rings. The molecule has 2 aromatic heterocycles. The molecule has 0 saturated heterocycles. The number of ether oxygens (including phenoxy) is 1. The lowest BCUT2D eigenvalue weighted by Gasteiger charge is -2.13. The molecule has 27 heavy (non-hydrogen) atoms. The first-order valence-electron chi connectivity index (χ1n) is 7.86. The average Bonchev–Trinajstić information content (AvgIpc) is 3.20. The Hall–Kier alpha value is -2.78. The van der Waals surface area contributed by atoms with E-state index in [1.165, 1.54) is 19.1 Å². The lowest BCUT2D eigenvalue weighted by Crippen LogP contribution is -2.30. The summed E-state index contributed by atoms with van der Waals surface area (Å²) in [5, 5.41) is 4.80. The van der Waals surface area contributed by atoms with Gasteiger partial charge in [-0.25, -0.2) is 9.18 Å². The van der Waals surface area contributed by atoms with Crippen LogP contribution in [0.3, 0.4) is 0 Å². The van der Waals surface area contributed by atoms with Gasteiger partial charge < -0.3 is 15.8 Å². The van der Waals surface area contributed by atoms with Gasteiger partial charge in [0.2, 0.25) is 0 Å². The molecule has 0 aliphatic carbocycles. The summed E-state index contributed by atoms with van der Waals surface area (Å²) in [5.41, 5.74) is 5.89. The van der Waals surface area contributed by atoms with Crippen LogP contribution < -0.4 is 11.1 Å². The summed E-state index contributed by atoms with van der Waals surface area (Å²) in [4.78, 5) is 36.3. The maximum Gasteiger partial charge on any atom is 0.349 e. The number of carbonyl (C=O) groups is 3. The third kappa shape index (κ3) is 3.69. The smallest absolute Gasteiger partial charge is 0.349 e. The van der Waals surface area contributed by atoms with Gasteiger partial charge in [0.05, 0.1) is 5.56 Å². The number of nitrogens with two attached hydrogens (primary N) is 1. The summed E-state index contributed by atoms with van der Waals surface area (Å²) >= 11 is 2.24. The fourth-order valence-corrected chi connectivity index (χ4v) is 4.43. The third-order valence-corrected chi connectivity index (χ3v) is 5.98. The zero-order chi connectivity index (χ0) is 19.7. The van der Waals surface area contributed by atoms with Crippen molar-refractivity contribution in [2.24, 2.45) is 5.73 Å². The summed E-state index contributed by atoms with van der Waals surface area (Å²) < 4.78 is 19.8. The van der Waals surface area contributed by atoms with Crippen molar-refractivity contribution in [1.82, 2.24) is 0 Å². The highest BCUT2D eigenvalue weighted by Gasteiger charge is 2.24. The number of primary amides is 1. The van der Waals surface area contributed by atoms with E-state index in [4.69, 9.17) is 10.5 Å². The van der Waals surface area contributed by atoms with Crippen LogP contribution in [0, 0.1) is 12.7 Å². The lowest BCUT2D eigenvalue weighted by molar-refractivity contribution is -0.123. The molecule has 2 heterocycles. The van der Waals surface area contributed by atoms with Gasteiger partial charge in [-0.15, -0.1) is 22.7 Å². The molecule has 2 amide bonds. The normalized spacial score (nSPS) is 12.0. The molecule has 0 aliphatic heterocycles. The van der Waals surface area contributed by atoms with Gasteiger partial charge in [-0.05, 0) is 43.0 Å². The van der Waals surface area contributed by atoms with Gasteiger partial charge >= 0.3 is 5.97 Å². The van der Waals surface area contributed by atoms with Crippen molar-refractivity contribution in [3.05, 3.63) is 51.5 Å². The van der Waals surface area contributed by atoms with Crippen LogP contribution in [-0.2, 0) is 9.53 Å². The summed E-state index contributed by atoms with van der Waals surface area (Å²) in [6.07, 6.45) is -1.12. The van der Waals surface area contributed by atoms with Crippen molar-refractivity contribution >= 4 is 55.5 Å². The third-order valence-electron chi connectivity index (χ3n) is 3.91. The molecule has 1 aromatic carbocycles. The van der Waals surface area contributed by atoms with Crippen LogP contribution in [0.25, 0.3) is 10.1 Å². The van der Waals surface area contributed by atoms with Crippen LogP contribution in [0.4, 0.5) is 9.39 Å². The molecule has 140 valence electrons. The van der Waals surface area contributed by atoms with Gasteiger partial charge in [0.25, 0.3) is 11.8 Å². The van der Waals surface area contributed by atoms with E-state index in [2.05, 4.69) is 5.32 Å². The van der Waals surface area contributed by atoms with Crippen LogP contribution >= 0.6 is 22.7 Å². The molecule has 1 atom stereocenters. The quantitative estimate of drug-likeness (QED) is 0.631. The number of fused-ring (bicyclic) bond motifs is 1. The molecule has 0 spiro atoms. The molecule has 0 radical (unpaired) electrons. The average molecular weight is 406 g/mol. The first-order chi connectivity index (χ1) is 12.8. The first kappa shape index (κ1) is 19.0. The van der Waals surface area contributed by atoms with Gasteiger partial charge in [0.1, 0.15) is 15.7 Å². The molecule has 0 unspecified atom stereocenters. The molecular formula is C18H15FN2O4S2. The van der Waals surface area contributed by atoms with Crippen LogP contribution in [0.1, 0.15) is 32.5 Å². The number of hydrogen-bond donors (Lipinski definition) is 2. The van der Waals surface area contributed by atoms with Gasteiger partial charge in [-0.3, -0.25) is 9.59 Å². The number of rotatable bonds is 5. The van der Waals surface area contributed by atoms with Crippen molar-refractivity contribution in [1.29, 1.82) is 0 Å². The minimum atomic E-state index is -1.12. The minimum absolute atomic E-state index is 0.183. The fourth-order valence-electron chi connectivity index (χ4n) is 2.53. The van der Waals surface area contributed by atoms with Crippen molar-refractivity contribution in [2.45, 2.75) is 20.0 Å². The van der Waals surface area contributed by atoms with Crippen LogP contribution in [0.15, 0.2) is 29.6 Å². The van der Waals surface area contributed by atoms with Crippen molar-refractivity contribution in [3.8, 4) is 0 Å². The Balaban J connectivity index is 1.75. The molecule has 9 heteroatoms. The second kappa shape index (κ2) is 7.45. The SMILES string of the molecule is Cc1c(C(=O)O[C@H](C)C(=O)Nc2sccc2C(N)=O)sc2cccc(F)c12. The predicted molar refractivity (Wildman–Crippen MR) is 103 cm³/mol. The van der Waals surface area contributed by atoms with E-state index in [9.17, 15) is 18.8 Å². The van der Waals surface area contributed by atoms with Crippen LogP contribution in [0.5, 0.6) is 0 Å².